The molecular weight excluding hydrogens is 648 g/mol. The molecule has 1 heterocycles. The molecule has 4 N–H and O–H groups in total. The van der Waals surface area contributed by atoms with Gasteiger partial charge in [0.1, 0.15) is 36.9 Å². The van der Waals surface area contributed by atoms with Crippen LogP contribution in [0.25, 0.3) is 0 Å². The largest absolute Gasteiger partial charge is 0.492 e. The zero-order valence-electron chi connectivity index (χ0n) is 27.2. The Morgan fingerprint density at radius 1 is 0.633 bits per heavy atom. The quantitative estimate of drug-likeness (QED) is 0.177. The third-order valence-electron chi connectivity index (χ3n) is 8.31. The third-order valence-corrected chi connectivity index (χ3v) is 10.3. The number of carbonyl (C=O) groups is 2. The first-order valence-electron chi connectivity index (χ1n) is 15.7. The number of amides is 2. The van der Waals surface area contributed by atoms with Gasteiger partial charge in [-0.05, 0) is 59.7 Å². The van der Waals surface area contributed by atoms with Gasteiger partial charge in [0.05, 0.1) is 12.1 Å². The molecular formula is C36H40N4O8S. The second-order valence-corrected chi connectivity index (χ2v) is 13.4. The minimum absolute atomic E-state index is 0.263. The van der Waals surface area contributed by atoms with E-state index in [-0.39, 0.29) is 38.1 Å². The van der Waals surface area contributed by atoms with Crippen molar-refractivity contribution in [1.82, 2.24) is 19.2 Å². The van der Waals surface area contributed by atoms with Crippen LogP contribution in [-0.2, 0) is 23.3 Å². The van der Waals surface area contributed by atoms with Crippen molar-refractivity contribution < 1.29 is 37.7 Å². The monoisotopic (exact) mass is 688 g/mol. The predicted octanol–water partition coefficient (Wildman–Crippen LogP) is 2.59. The summed E-state index contributed by atoms with van der Waals surface area (Å²) in [7, 11) is -1.57. The molecule has 49 heavy (non-hydrogen) atoms. The second-order valence-electron chi connectivity index (χ2n) is 11.5. The minimum Gasteiger partial charge on any atom is -0.492 e. The van der Waals surface area contributed by atoms with Gasteiger partial charge in [-0.3, -0.25) is 9.59 Å². The highest BCUT2D eigenvalue weighted by molar-refractivity contribution is 7.86. The van der Waals surface area contributed by atoms with Crippen molar-refractivity contribution in [3.63, 3.8) is 0 Å². The van der Waals surface area contributed by atoms with Gasteiger partial charge in [-0.25, -0.2) is 0 Å². The number of hydrogen-bond donors (Lipinski definition) is 4. The Bertz CT molecular complexity index is 1700. The van der Waals surface area contributed by atoms with Crippen LogP contribution in [0.3, 0.4) is 0 Å². The molecule has 0 bridgehead atoms. The van der Waals surface area contributed by atoms with Crippen molar-refractivity contribution in [2.45, 2.75) is 37.4 Å². The molecule has 0 saturated carbocycles. The van der Waals surface area contributed by atoms with E-state index in [9.17, 15) is 28.2 Å². The molecule has 0 unspecified atom stereocenters. The molecule has 4 aromatic carbocycles. The van der Waals surface area contributed by atoms with Crippen molar-refractivity contribution in [2.24, 2.45) is 0 Å². The van der Waals surface area contributed by atoms with Crippen molar-refractivity contribution in [2.75, 3.05) is 27.3 Å². The normalized spacial score (nSPS) is 20.9. The molecule has 2 amide bonds. The molecule has 5 rings (SSSR count). The van der Waals surface area contributed by atoms with Crippen LogP contribution in [0, 0.1) is 0 Å². The Hall–Kier alpha value is -4.79. The number of para-hydroxylation sites is 2. The van der Waals surface area contributed by atoms with Crippen molar-refractivity contribution in [1.29, 1.82) is 0 Å². The fourth-order valence-electron chi connectivity index (χ4n) is 5.70. The van der Waals surface area contributed by atoms with Crippen LogP contribution in [0.15, 0.2) is 109 Å². The summed E-state index contributed by atoms with van der Waals surface area (Å²) in [6.07, 6.45) is -3.26. The number of carbonyl (C=O) groups excluding carboxylic acids is 2. The van der Waals surface area contributed by atoms with Gasteiger partial charge in [-0.1, -0.05) is 60.7 Å². The summed E-state index contributed by atoms with van der Waals surface area (Å²) in [5.41, 5.74) is 1.58. The van der Waals surface area contributed by atoms with E-state index in [1.54, 1.807) is 97.1 Å². The topological polar surface area (TPSA) is 158 Å². The Labute approximate surface area is 286 Å². The number of hydrogen-bond acceptors (Lipinski definition) is 8. The van der Waals surface area contributed by atoms with Crippen LogP contribution in [0.4, 0.5) is 0 Å². The van der Waals surface area contributed by atoms with E-state index in [0.717, 1.165) is 8.61 Å². The number of rotatable bonds is 12. The SMILES string of the molecule is CNC(=O)c1cccc(CN2[C@@H](COc3ccccc3)[C@@H](O)[C@H](O)[C@H](COc3ccccc3)N(Cc3cccc(C(=O)NC)c3)S2(=O)=O)c1. The Balaban J connectivity index is 1.60. The lowest BCUT2D eigenvalue weighted by Gasteiger charge is -2.34. The van der Waals surface area contributed by atoms with Crippen LogP contribution < -0.4 is 20.1 Å². The van der Waals surface area contributed by atoms with Gasteiger partial charge in [0.15, 0.2) is 0 Å². The number of ether oxygens (including phenoxy) is 2. The van der Waals surface area contributed by atoms with E-state index in [1.807, 2.05) is 12.1 Å². The average molecular weight is 689 g/mol. The fourth-order valence-corrected chi connectivity index (χ4v) is 7.65. The molecule has 0 aromatic heterocycles. The number of aliphatic hydroxyl groups excluding tert-OH is 2. The lowest BCUT2D eigenvalue weighted by Crippen LogP contribution is -2.52. The zero-order chi connectivity index (χ0) is 35.0. The van der Waals surface area contributed by atoms with Crippen LogP contribution in [0.2, 0.25) is 0 Å². The van der Waals surface area contributed by atoms with Crippen LogP contribution >= 0.6 is 0 Å². The lowest BCUT2D eigenvalue weighted by atomic mass is 9.98. The van der Waals surface area contributed by atoms with Gasteiger partial charge < -0.3 is 30.3 Å². The molecule has 4 aromatic rings. The number of aliphatic hydroxyl groups is 2. The van der Waals surface area contributed by atoms with Gasteiger partial charge in [-0.15, -0.1) is 0 Å². The van der Waals surface area contributed by atoms with Crippen LogP contribution in [-0.4, -0.2) is 90.7 Å². The van der Waals surface area contributed by atoms with E-state index in [4.69, 9.17) is 9.47 Å². The van der Waals surface area contributed by atoms with Gasteiger partial charge in [0.25, 0.3) is 22.0 Å². The van der Waals surface area contributed by atoms with E-state index < -0.39 is 34.5 Å². The molecule has 258 valence electrons. The summed E-state index contributed by atoms with van der Waals surface area (Å²) in [5.74, 6) is 0.185. The number of benzene rings is 4. The molecule has 12 nitrogen and oxygen atoms in total. The maximum Gasteiger partial charge on any atom is 0.283 e. The van der Waals surface area contributed by atoms with Crippen molar-refractivity contribution >= 4 is 22.0 Å². The Kier molecular flexibility index (Phi) is 11.6. The molecule has 1 saturated heterocycles. The third kappa shape index (κ3) is 8.45. The molecule has 0 aliphatic carbocycles. The summed E-state index contributed by atoms with van der Waals surface area (Å²) in [6.45, 7) is -1.13. The molecule has 0 spiro atoms. The van der Waals surface area contributed by atoms with Crippen LogP contribution in [0.5, 0.6) is 11.5 Å². The molecule has 0 radical (unpaired) electrons. The maximum absolute atomic E-state index is 15.0. The Morgan fingerprint density at radius 2 is 1.02 bits per heavy atom. The minimum atomic E-state index is -4.56. The van der Waals surface area contributed by atoms with E-state index in [1.165, 1.54) is 14.1 Å². The van der Waals surface area contributed by atoms with E-state index in [2.05, 4.69) is 10.6 Å². The molecule has 1 aliphatic heterocycles. The Morgan fingerprint density at radius 3 is 1.39 bits per heavy atom. The molecule has 1 aliphatic rings. The first-order chi connectivity index (χ1) is 23.6. The lowest BCUT2D eigenvalue weighted by molar-refractivity contribution is -0.0565. The fraction of sp³-hybridized carbons (Fsp3) is 0.278. The zero-order valence-corrected chi connectivity index (χ0v) is 28.0. The average Bonchev–Trinajstić information content (AvgIpc) is 3.18. The smallest absolute Gasteiger partial charge is 0.283 e. The highest BCUT2D eigenvalue weighted by atomic mass is 32.2. The first kappa shape index (κ1) is 35.5. The van der Waals surface area contributed by atoms with Crippen molar-refractivity contribution in [3.8, 4) is 11.5 Å². The highest BCUT2D eigenvalue weighted by Crippen LogP contribution is 2.32. The molecule has 13 heteroatoms. The van der Waals surface area contributed by atoms with Crippen LogP contribution in [0.1, 0.15) is 31.8 Å². The second kappa shape index (κ2) is 16.1. The first-order valence-corrected chi connectivity index (χ1v) is 17.1. The summed E-state index contributed by atoms with van der Waals surface area (Å²) >= 11 is 0. The van der Waals surface area contributed by atoms with Gasteiger partial charge in [0, 0.05) is 38.3 Å². The summed E-state index contributed by atoms with van der Waals surface area (Å²) in [5, 5.41) is 28.8. The summed E-state index contributed by atoms with van der Waals surface area (Å²) in [4.78, 5) is 24.9. The summed E-state index contributed by atoms with van der Waals surface area (Å²) in [6, 6.07) is 27.9. The predicted molar refractivity (Wildman–Crippen MR) is 183 cm³/mol. The van der Waals surface area contributed by atoms with Gasteiger partial charge in [0.2, 0.25) is 0 Å². The molecule has 4 atom stereocenters. The standard InChI is InChI=1S/C36H40N4O8S/c1-37-35(43)27-13-9-11-25(19-27)21-39-31(23-47-29-15-5-3-6-16-29)33(41)34(42)32(24-48-30-17-7-4-8-18-30)40(49(39,45)46)22-26-12-10-14-28(20-26)36(44)38-2/h3-20,31-34,41-42H,21-24H2,1-2H3,(H,37,43)(H,38,44)/t31-,32-,33+,34+/m0/s1. The van der Waals surface area contributed by atoms with E-state index >= 15 is 0 Å². The van der Waals surface area contributed by atoms with Crippen molar-refractivity contribution in [3.05, 3.63) is 131 Å². The maximum atomic E-state index is 15.0. The van der Waals surface area contributed by atoms with E-state index in [0.29, 0.717) is 33.8 Å². The number of nitrogens with one attached hydrogen (secondary N) is 2. The van der Waals surface area contributed by atoms with Gasteiger partial charge >= 0.3 is 0 Å². The number of nitrogens with zero attached hydrogens (tertiary/aromatic N) is 2. The highest BCUT2D eigenvalue weighted by Gasteiger charge is 2.51. The molecule has 1 fully saturated rings. The summed E-state index contributed by atoms with van der Waals surface area (Å²) < 4.78 is 44.2. The van der Waals surface area contributed by atoms with Gasteiger partial charge in [-0.2, -0.15) is 17.0 Å².